The quantitative estimate of drug-likeness (QED) is 0.868. The zero-order valence-electron chi connectivity index (χ0n) is 12.8. The molecular formula is C17H22N4. The van der Waals surface area contributed by atoms with E-state index in [-0.39, 0.29) is 0 Å². The van der Waals surface area contributed by atoms with E-state index < -0.39 is 0 Å². The van der Waals surface area contributed by atoms with E-state index in [1.807, 2.05) is 25.5 Å². The third kappa shape index (κ3) is 3.45. The molecule has 0 radical (unpaired) electrons. The molecule has 0 bridgehead atoms. The highest BCUT2D eigenvalue weighted by atomic mass is 15.1. The molecule has 0 saturated carbocycles. The van der Waals surface area contributed by atoms with Crippen LogP contribution >= 0.6 is 0 Å². The van der Waals surface area contributed by atoms with Gasteiger partial charge in [-0.1, -0.05) is 0 Å². The summed E-state index contributed by atoms with van der Waals surface area (Å²) in [7, 11) is 0. The average molecular weight is 282 g/mol. The fraction of sp³-hybridized carbons (Fsp3) is 0.471. The first-order valence-electron chi connectivity index (χ1n) is 7.64. The maximum Gasteiger partial charge on any atom is 0.125 e. The third-order valence-corrected chi connectivity index (χ3v) is 4.25. The predicted molar refractivity (Wildman–Crippen MR) is 83.0 cm³/mol. The van der Waals surface area contributed by atoms with Crippen molar-refractivity contribution in [1.29, 1.82) is 0 Å². The largest absolute Gasteiger partial charge is 0.298 e. The molecule has 110 valence electrons. The Balaban J connectivity index is 1.70. The Kier molecular flexibility index (Phi) is 4.25. The molecule has 1 atom stereocenters. The van der Waals surface area contributed by atoms with Crippen molar-refractivity contribution in [3.05, 3.63) is 53.4 Å². The highest BCUT2D eigenvalue weighted by Crippen LogP contribution is 2.26. The topological polar surface area (TPSA) is 41.9 Å². The zero-order valence-corrected chi connectivity index (χ0v) is 12.8. The molecule has 4 heteroatoms. The van der Waals surface area contributed by atoms with E-state index in [2.05, 4.69) is 38.9 Å². The number of hydrogen-bond acceptors (Lipinski definition) is 4. The summed E-state index contributed by atoms with van der Waals surface area (Å²) in [5.74, 6) is 1.40. The molecule has 1 fully saturated rings. The summed E-state index contributed by atoms with van der Waals surface area (Å²) < 4.78 is 0. The normalized spacial score (nSPS) is 19.6. The Morgan fingerprint density at radius 2 is 2.14 bits per heavy atom. The monoisotopic (exact) mass is 282 g/mol. The summed E-state index contributed by atoms with van der Waals surface area (Å²) in [6.45, 7) is 7.36. The molecule has 2 aromatic heterocycles. The Hall–Kier alpha value is -1.81. The predicted octanol–water partition coefficient (Wildman–Crippen LogP) is 2.87. The van der Waals surface area contributed by atoms with Crippen LogP contribution in [0.3, 0.4) is 0 Å². The molecule has 1 aliphatic rings. The highest BCUT2D eigenvalue weighted by molar-refractivity contribution is 5.21. The lowest BCUT2D eigenvalue weighted by Gasteiger charge is -2.32. The molecule has 1 aliphatic heterocycles. The van der Waals surface area contributed by atoms with Crippen molar-refractivity contribution >= 4 is 0 Å². The number of aryl methyl sites for hydroxylation is 2. The molecular weight excluding hydrogens is 260 g/mol. The molecule has 3 heterocycles. The molecule has 4 nitrogen and oxygen atoms in total. The van der Waals surface area contributed by atoms with Gasteiger partial charge in [0.2, 0.25) is 0 Å². The molecule has 0 aliphatic carbocycles. The van der Waals surface area contributed by atoms with Gasteiger partial charge in [-0.05, 0) is 56.5 Å². The van der Waals surface area contributed by atoms with Crippen molar-refractivity contribution in [3.8, 4) is 0 Å². The van der Waals surface area contributed by atoms with E-state index >= 15 is 0 Å². The van der Waals surface area contributed by atoms with Crippen LogP contribution in [0.2, 0.25) is 0 Å². The van der Waals surface area contributed by atoms with Gasteiger partial charge in [-0.15, -0.1) is 0 Å². The Morgan fingerprint density at radius 1 is 1.24 bits per heavy atom. The first-order chi connectivity index (χ1) is 10.2. The second-order valence-corrected chi connectivity index (χ2v) is 5.91. The van der Waals surface area contributed by atoms with Crippen LogP contribution in [-0.4, -0.2) is 32.9 Å². The summed E-state index contributed by atoms with van der Waals surface area (Å²) in [5.41, 5.74) is 3.85. The van der Waals surface area contributed by atoms with Gasteiger partial charge in [-0.25, -0.2) is 9.97 Å². The van der Waals surface area contributed by atoms with Crippen molar-refractivity contribution in [2.75, 3.05) is 13.1 Å². The number of aromatic nitrogens is 3. The van der Waals surface area contributed by atoms with Gasteiger partial charge in [0, 0.05) is 43.3 Å². The standard InChI is InChI=1S/C17H22N4/c1-13-10-18-7-5-15(13)11-21-9-3-4-16(12-21)17-6-8-19-14(2)20-17/h5-8,10,16H,3-4,9,11-12H2,1-2H3/t16-/m1/s1. The number of nitrogens with zero attached hydrogens (tertiary/aromatic N) is 4. The van der Waals surface area contributed by atoms with E-state index in [1.165, 1.54) is 36.2 Å². The fourth-order valence-corrected chi connectivity index (χ4v) is 3.06. The average Bonchev–Trinajstić information content (AvgIpc) is 2.50. The van der Waals surface area contributed by atoms with E-state index in [0.717, 1.165) is 18.9 Å². The molecule has 2 aromatic rings. The molecule has 0 N–H and O–H groups in total. The SMILES string of the molecule is Cc1nccc([C@@H]2CCCN(Cc3ccncc3C)C2)n1. The van der Waals surface area contributed by atoms with Crippen molar-refractivity contribution in [2.45, 2.75) is 39.2 Å². The highest BCUT2D eigenvalue weighted by Gasteiger charge is 2.22. The second-order valence-electron chi connectivity index (χ2n) is 5.91. The first-order valence-corrected chi connectivity index (χ1v) is 7.64. The zero-order chi connectivity index (χ0) is 14.7. The van der Waals surface area contributed by atoms with Gasteiger partial charge in [0.15, 0.2) is 0 Å². The minimum absolute atomic E-state index is 0.530. The van der Waals surface area contributed by atoms with E-state index in [9.17, 15) is 0 Å². The summed E-state index contributed by atoms with van der Waals surface area (Å²) >= 11 is 0. The maximum absolute atomic E-state index is 4.61. The van der Waals surface area contributed by atoms with E-state index in [4.69, 9.17) is 0 Å². The van der Waals surface area contributed by atoms with Gasteiger partial charge in [0.25, 0.3) is 0 Å². The van der Waals surface area contributed by atoms with Crippen LogP contribution in [0.1, 0.15) is 41.4 Å². The second kappa shape index (κ2) is 6.31. The molecule has 21 heavy (non-hydrogen) atoms. The van der Waals surface area contributed by atoms with Crippen LogP contribution in [-0.2, 0) is 6.54 Å². The molecule has 0 amide bonds. The number of pyridine rings is 1. The Morgan fingerprint density at radius 3 is 2.95 bits per heavy atom. The van der Waals surface area contributed by atoms with Crippen molar-refractivity contribution in [3.63, 3.8) is 0 Å². The third-order valence-electron chi connectivity index (χ3n) is 4.25. The van der Waals surface area contributed by atoms with E-state index in [1.54, 1.807) is 0 Å². The fourth-order valence-electron chi connectivity index (χ4n) is 3.06. The molecule has 0 unspecified atom stereocenters. The lowest BCUT2D eigenvalue weighted by molar-refractivity contribution is 0.198. The minimum atomic E-state index is 0.530. The van der Waals surface area contributed by atoms with Crippen molar-refractivity contribution in [1.82, 2.24) is 19.9 Å². The number of piperidine rings is 1. The molecule has 3 rings (SSSR count). The minimum Gasteiger partial charge on any atom is -0.298 e. The summed E-state index contributed by atoms with van der Waals surface area (Å²) in [6, 6.07) is 4.20. The van der Waals surface area contributed by atoms with E-state index in [0.29, 0.717) is 5.92 Å². The van der Waals surface area contributed by atoms with Crippen LogP contribution in [0.4, 0.5) is 0 Å². The van der Waals surface area contributed by atoms with Gasteiger partial charge in [0.05, 0.1) is 0 Å². The van der Waals surface area contributed by atoms with Crippen LogP contribution in [0.25, 0.3) is 0 Å². The Bertz CT molecular complexity index is 611. The number of rotatable bonds is 3. The summed E-state index contributed by atoms with van der Waals surface area (Å²) in [6.07, 6.45) is 8.17. The first kappa shape index (κ1) is 14.1. The van der Waals surface area contributed by atoms with Crippen molar-refractivity contribution in [2.24, 2.45) is 0 Å². The summed E-state index contributed by atoms with van der Waals surface area (Å²) in [5, 5.41) is 0. The molecule has 0 aromatic carbocycles. The van der Waals surface area contributed by atoms with Crippen LogP contribution in [0, 0.1) is 13.8 Å². The lowest BCUT2D eigenvalue weighted by Crippen LogP contribution is -2.34. The molecule has 0 spiro atoms. The van der Waals surface area contributed by atoms with Crippen LogP contribution in [0.15, 0.2) is 30.7 Å². The van der Waals surface area contributed by atoms with Crippen LogP contribution < -0.4 is 0 Å². The van der Waals surface area contributed by atoms with Gasteiger partial charge in [0.1, 0.15) is 5.82 Å². The van der Waals surface area contributed by atoms with Crippen LogP contribution in [0.5, 0.6) is 0 Å². The maximum atomic E-state index is 4.61. The van der Waals surface area contributed by atoms with Crippen molar-refractivity contribution < 1.29 is 0 Å². The van der Waals surface area contributed by atoms with Gasteiger partial charge < -0.3 is 0 Å². The Labute approximate surface area is 126 Å². The number of likely N-dealkylation sites (tertiary alicyclic amines) is 1. The van der Waals surface area contributed by atoms with Gasteiger partial charge in [-0.2, -0.15) is 0 Å². The smallest absolute Gasteiger partial charge is 0.125 e. The van der Waals surface area contributed by atoms with Gasteiger partial charge in [-0.3, -0.25) is 9.88 Å². The summed E-state index contributed by atoms with van der Waals surface area (Å²) in [4.78, 5) is 15.5. The molecule has 1 saturated heterocycles. The van der Waals surface area contributed by atoms with Gasteiger partial charge >= 0.3 is 0 Å². The number of hydrogen-bond donors (Lipinski definition) is 0. The lowest BCUT2D eigenvalue weighted by atomic mass is 9.94.